The van der Waals surface area contributed by atoms with E-state index in [2.05, 4.69) is 21.2 Å². The van der Waals surface area contributed by atoms with Gasteiger partial charge in [0, 0.05) is 4.47 Å². The van der Waals surface area contributed by atoms with Crippen molar-refractivity contribution in [2.45, 2.75) is 13.8 Å². The van der Waals surface area contributed by atoms with Gasteiger partial charge in [0.05, 0.1) is 29.9 Å². The summed E-state index contributed by atoms with van der Waals surface area (Å²) in [4.78, 5) is 37.0. The lowest BCUT2D eigenvalue weighted by Crippen LogP contribution is -2.15. The van der Waals surface area contributed by atoms with E-state index < -0.39 is 17.8 Å². The smallest absolute Gasteiger partial charge is 0.348 e. The van der Waals surface area contributed by atoms with E-state index >= 15 is 0 Å². The first-order chi connectivity index (χ1) is 12.3. The zero-order valence-corrected chi connectivity index (χ0v) is 17.3. The van der Waals surface area contributed by atoms with Gasteiger partial charge in [-0.05, 0) is 37.6 Å². The fourth-order valence-corrected chi connectivity index (χ4v) is 3.85. The Labute approximate surface area is 167 Å². The summed E-state index contributed by atoms with van der Waals surface area (Å²) >= 11 is 10.3. The lowest BCUT2D eigenvalue weighted by Gasteiger charge is -2.08. The minimum atomic E-state index is -0.632. The monoisotopic (exact) mass is 459 g/mol. The molecular formula is C17H15BrClNO5S. The maximum atomic E-state index is 12.6. The van der Waals surface area contributed by atoms with E-state index in [-0.39, 0.29) is 32.6 Å². The zero-order chi connectivity index (χ0) is 19.4. The lowest BCUT2D eigenvalue weighted by molar-refractivity contribution is 0.0527. The topological polar surface area (TPSA) is 81.7 Å². The summed E-state index contributed by atoms with van der Waals surface area (Å²) in [5, 5.41) is 3.09. The SMILES string of the molecule is CCOC(=O)c1c(NC(=O)c2cc(Br)ccc2Cl)sc(C(=O)OC)c1C. The summed E-state index contributed by atoms with van der Waals surface area (Å²) in [6.45, 7) is 3.42. The average molecular weight is 461 g/mol. The number of amides is 1. The molecule has 0 unspecified atom stereocenters. The Morgan fingerprint density at radius 2 is 1.96 bits per heavy atom. The normalized spacial score (nSPS) is 10.3. The summed E-state index contributed by atoms with van der Waals surface area (Å²) in [5.74, 6) is -1.74. The fourth-order valence-electron chi connectivity index (χ4n) is 2.18. The Balaban J connectivity index is 2.47. The third-order valence-corrected chi connectivity index (χ3v) is 5.41. The molecule has 0 bridgehead atoms. The van der Waals surface area contributed by atoms with Gasteiger partial charge in [0.1, 0.15) is 9.88 Å². The van der Waals surface area contributed by atoms with Crippen LogP contribution >= 0.6 is 38.9 Å². The van der Waals surface area contributed by atoms with Crippen LogP contribution in [0, 0.1) is 6.92 Å². The number of methoxy groups -OCH3 is 1. The first-order valence-corrected chi connectivity index (χ1v) is 9.44. The van der Waals surface area contributed by atoms with Crippen LogP contribution in [0.5, 0.6) is 0 Å². The van der Waals surface area contributed by atoms with Crippen LogP contribution in [0.3, 0.4) is 0 Å². The van der Waals surface area contributed by atoms with E-state index in [4.69, 9.17) is 21.1 Å². The van der Waals surface area contributed by atoms with Crippen LogP contribution in [0.25, 0.3) is 0 Å². The van der Waals surface area contributed by atoms with Crippen molar-refractivity contribution in [2.24, 2.45) is 0 Å². The molecule has 0 fully saturated rings. The van der Waals surface area contributed by atoms with Crippen molar-refractivity contribution in [3.8, 4) is 0 Å². The van der Waals surface area contributed by atoms with Crippen LogP contribution in [0.4, 0.5) is 5.00 Å². The van der Waals surface area contributed by atoms with Crippen LogP contribution in [0.1, 0.15) is 42.9 Å². The molecule has 0 spiro atoms. The van der Waals surface area contributed by atoms with Gasteiger partial charge in [0.15, 0.2) is 0 Å². The number of esters is 2. The van der Waals surface area contributed by atoms with Crippen molar-refractivity contribution >= 4 is 61.7 Å². The van der Waals surface area contributed by atoms with E-state index in [0.717, 1.165) is 11.3 Å². The highest BCUT2D eigenvalue weighted by molar-refractivity contribution is 9.10. The Bertz CT molecular complexity index is 880. The van der Waals surface area contributed by atoms with Crippen molar-refractivity contribution in [1.82, 2.24) is 0 Å². The molecule has 0 radical (unpaired) electrons. The summed E-state index contributed by atoms with van der Waals surface area (Å²) in [6, 6.07) is 4.84. The largest absolute Gasteiger partial charge is 0.465 e. The summed E-state index contributed by atoms with van der Waals surface area (Å²) in [6.07, 6.45) is 0. The van der Waals surface area contributed by atoms with Gasteiger partial charge in [-0.2, -0.15) is 0 Å². The van der Waals surface area contributed by atoms with Crippen molar-refractivity contribution in [1.29, 1.82) is 0 Å². The van der Waals surface area contributed by atoms with E-state index in [1.807, 2.05) is 0 Å². The van der Waals surface area contributed by atoms with E-state index in [1.165, 1.54) is 7.11 Å². The number of nitrogens with one attached hydrogen (secondary N) is 1. The summed E-state index contributed by atoms with van der Waals surface area (Å²) in [7, 11) is 1.24. The van der Waals surface area contributed by atoms with Gasteiger partial charge in [-0.1, -0.05) is 27.5 Å². The summed E-state index contributed by atoms with van der Waals surface area (Å²) in [5.41, 5.74) is 0.731. The number of thiophene rings is 1. The molecule has 9 heteroatoms. The lowest BCUT2D eigenvalue weighted by atomic mass is 10.1. The Morgan fingerprint density at radius 3 is 2.58 bits per heavy atom. The van der Waals surface area contributed by atoms with Crippen LogP contribution < -0.4 is 5.32 Å². The first-order valence-electron chi connectivity index (χ1n) is 7.45. The van der Waals surface area contributed by atoms with Crippen molar-refractivity contribution in [3.05, 3.63) is 49.3 Å². The number of anilines is 1. The number of rotatable bonds is 5. The van der Waals surface area contributed by atoms with Crippen LogP contribution in [0.2, 0.25) is 5.02 Å². The van der Waals surface area contributed by atoms with Crippen molar-refractivity contribution < 1.29 is 23.9 Å². The Hall–Kier alpha value is -1.90. The number of halogens is 2. The molecule has 1 aromatic carbocycles. The minimum absolute atomic E-state index is 0.122. The van der Waals surface area contributed by atoms with E-state index in [9.17, 15) is 14.4 Å². The number of hydrogen-bond donors (Lipinski definition) is 1. The molecule has 6 nitrogen and oxygen atoms in total. The van der Waals surface area contributed by atoms with Crippen molar-refractivity contribution in [2.75, 3.05) is 19.0 Å². The second-order valence-electron chi connectivity index (χ2n) is 5.05. The second kappa shape index (κ2) is 8.66. The molecular weight excluding hydrogens is 446 g/mol. The maximum absolute atomic E-state index is 12.6. The molecule has 0 atom stereocenters. The molecule has 0 aliphatic rings. The third-order valence-electron chi connectivity index (χ3n) is 3.40. The molecule has 0 aliphatic carbocycles. The number of carbonyl (C=O) groups is 3. The molecule has 1 aromatic heterocycles. The number of carbonyl (C=O) groups excluding carboxylic acids is 3. The predicted octanol–water partition coefficient (Wildman–Crippen LogP) is 4.69. The molecule has 0 aliphatic heterocycles. The van der Waals surface area contributed by atoms with Gasteiger partial charge in [-0.25, -0.2) is 9.59 Å². The second-order valence-corrected chi connectivity index (χ2v) is 7.39. The fraction of sp³-hybridized carbons (Fsp3) is 0.235. The van der Waals surface area contributed by atoms with E-state index in [0.29, 0.717) is 10.0 Å². The molecule has 1 N–H and O–H groups in total. The molecule has 2 rings (SSSR count). The van der Waals surface area contributed by atoms with Crippen LogP contribution in [-0.4, -0.2) is 31.6 Å². The molecule has 26 heavy (non-hydrogen) atoms. The minimum Gasteiger partial charge on any atom is -0.465 e. The van der Waals surface area contributed by atoms with Gasteiger partial charge >= 0.3 is 11.9 Å². The number of hydrogen-bond acceptors (Lipinski definition) is 6. The van der Waals surface area contributed by atoms with Gasteiger partial charge in [-0.15, -0.1) is 11.3 Å². The average Bonchev–Trinajstić information content (AvgIpc) is 2.92. The van der Waals surface area contributed by atoms with Gasteiger partial charge < -0.3 is 14.8 Å². The number of ether oxygens (including phenoxy) is 2. The van der Waals surface area contributed by atoms with E-state index in [1.54, 1.807) is 32.0 Å². The highest BCUT2D eigenvalue weighted by Gasteiger charge is 2.27. The standard InChI is InChI=1S/C17H15BrClNO5S/c1-4-25-16(22)12-8(2)13(17(23)24-3)26-15(12)20-14(21)10-7-9(18)5-6-11(10)19/h5-7H,4H2,1-3H3,(H,20,21). The third kappa shape index (κ3) is 4.25. The maximum Gasteiger partial charge on any atom is 0.348 e. The number of benzene rings is 1. The van der Waals surface area contributed by atoms with Crippen LogP contribution in [-0.2, 0) is 9.47 Å². The highest BCUT2D eigenvalue weighted by atomic mass is 79.9. The van der Waals surface area contributed by atoms with Gasteiger partial charge in [0.2, 0.25) is 0 Å². The quantitative estimate of drug-likeness (QED) is 0.655. The van der Waals surface area contributed by atoms with Gasteiger partial charge in [0.25, 0.3) is 5.91 Å². The van der Waals surface area contributed by atoms with Crippen LogP contribution in [0.15, 0.2) is 22.7 Å². The molecule has 138 valence electrons. The molecule has 0 saturated carbocycles. The predicted molar refractivity (Wildman–Crippen MR) is 103 cm³/mol. The highest BCUT2D eigenvalue weighted by Crippen LogP contribution is 2.35. The molecule has 1 amide bonds. The molecule has 2 aromatic rings. The van der Waals surface area contributed by atoms with Gasteiger partial charge in [-0.3, -0.25) is 4.79 Å². The Kier molecular flexibility index (Phi) is 6.80. The first kappa shape index (κ1) is 20.4. The Morgan fingerprint density at radius 1 is 1.27 bits per heavy atom. The summed E-state index contributed by atoms with van der Waals surface area (Å²) < 4.78 is 10.4. The zero-order valence-electron chi connectivity index (χ0n) is 14.1. The van der Waals surface area contributed by atoms with Crippen molar-refractivity contribution in [3.63, 3.8) is 0 Å². The molecule has 1 heterocycles. The molecule has 0 saturated heterocycles.